The molecule has 0 radical (unpaired) electrons. The molecule has 1 nitrogen and oxygen atoms in total. The van der Waals surface area contributed by atoms with Crippen LogP contribution in [0.2, 0.25) is 5.02 Å². The smallest absolute Gasteiger partial charge is 0.0408 e. The van der Waals surface area contributed by atoms with Crippen LogP contribution in [0.4, 0.5) is 0 Å². The summed E-state index contributed by atoms with van der Waals surface area (Å²) in [5, 5.41) is 4.40. The lowest BCUT2D eigenvalue weighted by Gasteiger charge is -2.17. The Morgan fingerprint density at radius 1 is 1.25 bits per heavy atom. The van der Waals surface area contributed by atoms with Gasteiger partial charge in [-0.05, 0) is 67.8 Å². The minimum absolute atomic E-state index is 0.872. The van der Waals surface area contributed by atoms with Crippen LogP contribution in [-0.2, 0) is 6.42 Å². The first kappa shape index (κ1) is 10.6. The second kappa shape index (κ2) is 4.38. The number of rotatable bonds is 2. The SMILES string of the molecule is Clc1cccc(C[C@H]2CC[C@@H]3CNC[C@@H]32)c1. The van der Waals surface area contributed by atoms with Gasteiger partial charge in [-0.25, -0.2) is 0 Å². The van der Waals surface area contributed by atoms with Crippen LogP contribution >= 0.6 is 11.6 Å². The Morgan fingerprint density at radius 3 is 3.06 bits per heavy atom. The summed E-state index contributed by atoms with van der Waals surface area (Å²) in [4.78, 5) is 0. The van der Waals surface area contributed by atoms with Gasteiger partial charge in [-0.3, -0.25) is 0 Å². The van der Waals surface area contributed by atoms with E-state index in [2.05, 4.69) is 23.5 Å². The first-order valence-electron chi connectivity index (χ1n) is 6.28. The lowest BCUT2D eigenvalue weighted by molar-refractivity contribution is 0.374. The second-order valence-electron chi connectivity index (χ2n) is 5.25. The Hall–Kier alpha value is -0.530. The molecule has 3 atom stereocenters. The van der Waals surface area contributed by atoms with Crippen molar-refractivity contribution in [3.8, 4) is 0 Å². The van der Waals surface area contributed by atoms with Gasteiger partial charge in [0.15, 0.2) is 0 Å². The fourth-order valence-electron chi connectivity index (χ4n) is 3.48. The predicted octanol–water partition coefficient (Wildman–Crippen LogP) is 3.13. The summed E-state index contributed by atoms with van der Waals surface area (Å²) in [5.74, 6) is 2.74. The Bertz CT molecular complexity index is 377. The third kappa shape index (κ3) is 1.99. The highest BCUT2D eigenvalue weighted by molar-refractivity contribution is 6.30. The van der Waals surface area contributed by atoms with Crippen LogP contribution in [0.3, 0.4) is 0 Å². The van der Waals surface area contributed by atoms with Crippen molar-refractivity contribution in [3.63, 3.8) is 0 Å². The standard InChI is InChI=1S/C14H18ClN/c15-13-3-1-2-10(7-13)6-11-4-5-12-8-16-9-14(11)12/h1-3,7,11-12,14,16H,4-6,8-9H2/t11-,12-,14-/m1/s1. The minimum atomic E-state index is 0.872. The van der Waals surface area contributed by atoms with E-state index in [0.29, 0.717) is 0 Å². The van der Waals surface area contributed by atoms with Crippen molar-refractivity contribution in [2.45, 2.75) is 19.3 Å². The van der Waals surface area contributed by atoms with Crippen molar-refractivity contribution in [2.75, 3.05) is 13.1 Å². The van der Waals surface area contributed by atoms with Crippen LogP contribution in [0.5, 0.6) is 0 Å². The first-order valence-corrected chi connectivity index (χ1v) is 6.66. The number of hydrogen-bond donors (Lipinski definition) is 1. The molecule has 1 N–H and O–H groups in total. The molecule has 86 valence electrons. The molecule has 3 rings (SSSR count). The number of hydrogen-bond acceptors (Lipinski definition) is 1. The lowest BCUT2D eigenvalue weighted by Crippen LogP contribution is -2.17. The van der Waals surface area contributed by atoms with Gasteiger partial charge in [0.1, 0.15) is 0 Å². The van der Waals surface area contributed by atoms with E-state index >= 15 is 0 Å². The van der Waals surface area contributed by atoms with E-state index < -0.39 is 0 Å². The van der Waals surface area contributed by atoms with Gasteiger partial charge in [0.25, 0.3) is 0 Å². The van der Waals surface area contributed by atoms with Gasteiger partial charge in [-0.15, -0.1) is 0 Å². The number of halogens is 1. The molecule has 0 aromatic heterocycles. The van der Waals surface area contributed by atoms with Crippen LogP contribution in [0, 0.1) is 17.8 Å². The van der Waals surface area contributed by atoms with Crippen LogP contribution in [0.25, 0.3) is 0 Å². The molecule has 2 heteroatoms. The molecule has 1 aromatic rings. The van der Waals surface area contributed by atoms with Gasteiger partial charge in [-0.1, -0.05) is 23.7 Å². The van der Waals surface area contributed by atoms with Gasteiger partial charge < -0.3 is 5.32 Å². The van der Waals surface area contributed by atoms with Crippen LogP contribution in [0.15, 0.2) is 24.3 Å². The highest BCUT2D eigenvalue weighted by Gasteiger charge is 2.38. The molecule has 2 fully saturated rings. The number of fused-ring (bicyclic) bond motifs is 1. The third-order valence-corrected chi connectivity index (χ3v) is 4.53. The maximum Gasteiger partial charge on any atom is 0.0408 e. The summed E-state index contributed by atoms with van der Waals surface area (Å²) in [6, 6.07) is 8.36. The Morgan fingerprint density at radius 2 is 2.19 bits per heavy atom. The van der Waals surface area contributed by atoms with E-state index in [4.69, 9.17) is 11.6 Å². The van der Waals surface area contributed by atoms with Crippen molar-refractivity contribution in [1.29, 1.82) is 0 Å². The fourth-order valence-corrected chi connectivity index (χ4v) is 3.70. The van der Waals surface area contributed by atoms with Gasteiger partial charge >= 0.3 is 0 Å². The topological polar surface area (TPSA) is 12.0 Å². The average Bonchev–Trinajstić information content (AvgIpc) is 2.83. The molecular formula is C14H18ClN. The fraction of sp³-hybridized carbons (Fsp3) is 0.571. The zero-order valence-electron chi connectivity index (χ0n) is 9.45. The van der Waals surface area contributed by atoms with Crippen LogP contribution in [-0.4, -0.2) is 13.1 Å². The van der Waals surface area contributed by atoms with Crippen molar-refractivity contribution in [3.05, 3.63) is 34.9 Å². The quantitative estimate of drug-likeness (QED) is 0.831. The van der Waals surface area contributed by atoms with Gasteiger partial charge in [0, 0.05) is 5.02 Å². The number of benzene rings is 1. The average molecular weight is 236 g/mol. The normalized spacial score (nSPS) is 32.9. The van der Waals surface area contributed by atoms with Crippen molar-refractivity contribution in [1.82, 2.24) is 5.32 Å². The molecule has 1 aromatic carbocycles. The molecule has 0 unspecified atom stereocenters. The lowest BCUT2D eigenvalue weighted by atomic mass is 9.87. The molecule has 0 spiro atoms. The minimum Gasteiger partial charge on any atom is -0.316 e. The van der Waals surface area contributed by atoms with E-state index in [9.17, 15) is 0 Å². The largest absolute Gasteiger partial charge is 0.316 e. The summed E-state index contributed by atoms with van der Waals surface area (Å²) >= 11 is 6.03. The summed E-state index contributed by atoms with van der Waals surface area (Å²) in [6.45, 7) is 2.48. The van der Waals surface area contributed by atoms with E-state index in [0.717, 1.165) is 22.8 Å². The molecule has 1 heterocycles. The van der Waals surface area contributed by atoms with E-state index in [1.165, 1.54) is 37.9 Å². The maximum absolute atomic E-state index is 6.03. The zero-order chi connectivity index (χ0) is 11.0. The maximum atomic E-state index is 6.03. The summed E-state index contributed by atoms with van der Waals surface area (Å²) < 4.78 is 0. The second-order valence-corrected chi connectivity index (χ2v) is 5.69. The molecule has 0 bridgehead atoms. The zero-order valence-corrected chi connectivity index (χ0v) is 10.2. The molecule has 2 aliphatic rings. The highest BCUT2D eigenvalue weighted by atomic mass is 35.5. The number of nitrogens with one attached hydrogen (secondary N) is 1. The predicted molar refractivity (Wildman–Crippen MR) is 67.7 cm³/mol. The summed E-state index contributed by atoms with van der Waals surface area (Å²) in [7, 11) is 0. The Kier molecular flexibility index (Phi) is 2.91. The summed E-state index contributed by atoms with van der Waals surface area (Å²) in [6.07, 6.45) is 4.04. The van der Waals surface area contributed by atoms with E-state index in [1.54, 1.807) is 0 Å². The molecule has 1 aliphatic carbocycles. The van der Waals surface area contributed by atoms with E-state index in [-0.39, 0.29) is 0 Å². The van der Waals surface area contributed by atoms with Crippen molar-refractivity contribution < 1.29 is 0 Å². The third-order valence-electron chi connectivity index (χ3n) is 4.29. The first-order chi connectivity index (χ1) is 7.83. The van der Waals surface area contributed by atoms with Gasteiger partial charge in [-0.2, -0.15) is 0 Å². The van der Waals surface area contributed by atoms with Crippen LogP contribution < -0.4 is 5.32 Å². The molecular weight excluding hydrogens is 218 g/mol. The van der Waals surface area contributed by atoms with Gasteiger partial charge in [0.2, 0.25) is 0 Å². The molecule has 1 aliphatic heterocycles. The highest BCUT2D eigenvalue weighted by Crippen LogP contribution is 2.40. The van der Waals surface area contributed by atoms with Crippen molar-refractivity contribution >= 4 is 11.6 Å². The van der Waals surface area contributed by atoms with E-state index in [1.807, 2.05) is 6.07 Å². The van der Waals surface area contributed by atoms with Crippen LogP contribution in [0.1, 0.15) is 18.4 Å². The monoisotopic (exact) mass is 235 g/mol. The van der Waals surface area contributed by atoms with Crippen molar-refractivity contribution in [2.24, 2.45) is 17.8 Å². The molecule has 0 amide bonds. The summed E-state index contributed by atoms with van der Waals surface area (Å²) in [5.41, 5.74) is 1.41. The molecule has 1 saturated carbocycles. The Balaban J connectivity index is 1.71. The molecule has 16 heavy (non-hydrogen) atoms. The molecule has 1 saturated heterocycles. The Labute approximate surface area is 102 Å². The van der Waals surface area contributed by atoms with Gasteiger partial charge in [0.05, 0.1) is 0 Å².